The SMILES string of the molecule is CNC(CCN(C)CC1CCCC1)c1ccc(C)c(F)c1. The van der Waals surface area contributed by atoms with Crippen molar-refractivity contribution in [3.05, 3.63) is 35.1 Å². The molecule has 0 saturated heterocycles. The highest BCUT2D eigenvalue weighted by Gasteiger charge is 2.18. The maximum atomic E-state index is 13.7. The molecule has 0 amide bonds. The van der Waals surface area contributed by atoms with Crippen LogP contribution < -0.4 is 5.32 Å². The molecule has 1 aliphatic carbocycles. The van der Waals surface area contributed by atoms with Crippen molar-refractivity contribution >= 4 is 0 Å². The van der Waals surface area contributed by atoms with E-state index in [4.69, 9.17) is 0 Å². The summed E-state index contributed by atoms with van der Waals surface area (Å²) in [4.78, 5) is 2.44. The number of hydrogen-bond acceptors (Lipinski definition) is 2. The molecule has 0 heterocycles. The van der Waals surface area contributed by atoms with Gasteiger partial charge in [0.1, 0.15) is 5.82 Å². The van der Waals surface area contributed by atoms with E-state index in [1.54, 1.807) is 6.07 Å². The van der Waals surface area contributed by atoms with Crippen molar-refractivity contribution < 1.29 is 4.39 Å². The summed E-state index contributed by atoms with van der Waals surface area (Å²) < 4.78 is 13.7. The molecule has 2 nitrogen and oxygen atoms in total. The van der Waals surface area contributed by atoms with E-state index in [9.17, 15) is 4.39 Å². The minimum atomic E-state index is -0.105. The zero-order chi connectivity index (χ0) is 15.2. The first kappa shape index (κ1) is 16.4. The summed E-state index contributed by atoms with van der Waals surface area (Å²) in [5.41, 5.74) is 1.77. The van der Waals surface area contributed by atoms with Gasteiger partial charge in [0.15, 0.2) is 0 Å². The molecule has 1 aliphatic rings. The fourth-order valence-corrected chi connectivity index (χ4v) is 3.38. The van der Waals surface area contributed by atoms with Gasteiger partial charge in [-0.05, 0) is 69.9 Å². The summed E-state index contributed by atoms with van der Waals surface area (Å²) in [7, 11) is 4.17. The summed E-state index contributed by atoms with van der Waals surface area (Å²) >= 11 is 0. The maximum Gasteiger partial charge on any atom is 0.126 e. The van der Waals surface area contributed by atoms with E-state index in [2.05, 4.69) is 17.3 Å². The Kier molecular flexibility index (Phi) is 6.19. The second-order valence-electron chi connectivity index (χ2n) is 6.55. The fraction of sp³-hybridized carbons (Fsp3) is 0.667. The molecule has 0 spiro atoms. The quantitative estimate of drug-likeness (QED) is 0.820. The molecule has 1 atom stereocenters. The standard InChI is InChI=1S/C18H29FN2/c1-14-8-9-16(12-17(14)19)18(20-2)10-11-21(3)13-15-6-4-5-7-15/h8-9,12,15,18,20H,4-7,10-11,13H2,1-3H3. The van der Waals surface area contributed by atoms with Gasteiger partial charge in [-0.3, -0.25) is 0 Å². The van der Waals surface area contributed by atoms with Crippen LogP contribution in [-0.4, -0.2) is 32.1 Å². The van der Waals surface area contributed by atoms with Crippen LogP contribution >= 0.6 is 0 Å². The predicted molar refractivity (Wildman–Crippen MR) is 87.0 cm³/mol. The van der Waals surface area contributed by atoms with Gasteiger partial charge < -0.3 is 10.2 Å². The van der Waals surface area contributed by atoms with Crippen LogP contribution in [-0.2, 0) is 0 Å². The molecule has 0 aliphatic heterocycles. The van der Waals surface area contributed by atoms with Crippen LogP contribution in [0.2, 0.25) is 0 Å². The summed E-state index contributed by atoms with van der Waals surface area (Å²) in [6.07, 6.45) is 6.61. The molecular formula is C18H29FN2. The highest BCUT2D eigenvalue weighted by atomic mass is 19.1. The van der Waals surface area contributed by atoms with Crippen molar-refractivity contribution in [2.75, 3.05) is 27.2 Å². The second kappa shape index (κ2) is 7.90. The Morgan fingerprint density at radius 3 is 2.67 bits per heavy atom. The highest BCUT2D eigenvalue weighted by Crippen LogP contribution is 2.25. The minimum absolute atomic E-state index is 0.105. The first-order chi connectivity index (χ1) is 10.1. The summed E-state index contributed by atoms with van der Waals surface area (Å²) in [5.74, 6) is 0.784. The summed E-state index contributed by atoms with van der Waals surface area (Å²) in [6.45, 7) is 4.07. The second-order valence-corrected chi connectivity index (χ2v) is 6.55. The Labute approximate surface area is 128 Å². The molecule has 118 valence electrons. The molecule has 1 aromatic rings. The first-order valence-electron chi connectivity index (χ1n) is 8.22. The van der Waals surface area contributed by atoms with Gasteiger partial charge in [0, 0.05) is 12.6 Å². The number of halogens is 1. The Morgan fingerprint density at radius 2 is 2.05 bits per heavy atom. The van der Waals surface area contributed by atoms with Crippen molar-refractivity contribution in [2.45, 2.75) is 45.1 Å². The summed E-state index contributed by atoms with van der Waals surface area (Å²) in [5, 5.41) is 3.32. The maximum absolute atomic E-state index is 13.7. The van der Waals surface area contributed by atoms with E-state index >= 15 is 0 Å². The molecule has 0 aromatic heterocycles. The average Bonchev–Trinajstić information content (AvgIpc) is 2.96. The lowest BCUT2D eigenvalue weighted by molar-refractivity contribution is 0.264. The third-order valence-corrected chi connectivity index (χ3v) is 4.79. The van der Waals surface area contributed by atoms with Gasteiger partial charge in [-0.1, -0.05) is 25.0 Å². The Hall–Kier alpha value is -0.930. The van der Waals surface area contributed by atoms with Gasteiger partial charge in [-0.25, -0.2) is 4.39 Å². The van der Waals surface area contributed by atoms with Gasteiger partial charge >= 0.3 is 0 Å². The number of nitrogens with one attached hydrogen (secondary N) is 1. The molecule has 0 bridgehead atoms. The topological polar surface area (TPSA) is 15.3 Å². The molecule has 1 aromatic carbocycles. The van der Waals surface area contributed by atoms with Crippen LogP contribution in [0.15, 0.2) is 18.2 Å². The average molecular weight is 292 g/mol. The molecule has 1 fully saturated rings. The number of hydrogen-bond donors (Lipinski definition) is 1. The van der Waals surface area contributed by atoms with E-state index in [1.807, 2.05) is 26.1 Å². The lowest BCUT2D eigenvalue weighted by Gasteiger charge is -2.24. The molecule has 1 N–H and O–H groups in total. The highest BCUT2D eigenvalue weighted by molar-refractivity contribution is 5.25. The smallest absolute Gasteiger partial charge is 0.126 e. The van der Waals surface area contributed by atoms with Crippen LogP contribution in [0.25, 0.3) is 0 Å². The van der Waals surface area contributed by atoms with Crippen molar-refractivity contribution in [3.8, 4) is 0 Å². The Morgan fingerprint density at radius 1 is 1.33 bits per heavy atom. The Bertz CT molecular complexity index is 441. The molecular weight excluding hydrogens is 263 g/mol. The van der Waals surface area contributed by atoms with Crippen molar-refractivity contribution in [3.63, 3.8) is 0 Å². The number of rotatable bonds is 7. The van der Waals surface area contributed by atoms with E-state index in [-0.39, 0.29) is 11.9 Å². The van der Waals surface area contributed by atoms with Crippen molar-refractivity contribution in [1.82, 2.24) is 10.2 Å². The monoisotopic (exact) mass is 292 g/mol. The zero-order valence-electron chi connectivity index (χ0n) is 13.7. The van der Waals surface area contributed by atoms with Crippen LogP contribution in [0, 0.1) is 18.7 Å². The number of benzene rings is 1. The van der Waals surface area contributed by atoms with Crippen LogP contribution in [0.3, 0.4) is 0 Å². The summed E-state index contributed by atoms with van der Waals surface area (Å²) in [6, 6.07) is 5.81. The fourth-order valence-electron chi connectivity index (χ4n) is 3.38. The largest absolute Gasteiger partial charge is 0.313 e. The molecule has 2 rings (SSSR count). The van der Waals surface area contributed by atoms with Gasteiger partial charge in [0.2, 0.25) is 0 Å². The molecule has 0 radical (unpaired) electrons. The van der Waals surface area contributed by atoms with Gasteiger partial charge in [-0.2, -0.15) is 0 Å². The molecule has 21 heavy (non-hydrogen) atoms. The van der Waals surface area contributed by atoms with E-state index in [0.29, 0.717) is 5.56 Å². The van der Waals surface area contributed by atoms with E-state index in [0.717, 1.165) is 24.4 Å². The lowest BCUT2D eigenvalue weighted by atomic mass is 10.0. The molecule has 3 heteroatoms. The van der Waals surface area contributed by atoms with Crippen LogP contribution in [0.1, 0.15) is 49.3 Å². The third-order valence-electron chi connectivity index (χ3n) is 4.79. The van der Waals surface area contributed by atoms with Crippen LogP contribution in [0.5, 0.6) is 0 Å². The van der Waals surface area contributed by atoms with Gasteiger partial charge in [0.05, 0.1) is 0 Å². The van der Waals surface area contributed by atoms with Crippen molar-refractivity contribution in [1.29, 1.82) is 0 Å². The molecule has 1 saturated carbocycles. The first-order valence-corrected chi connectivity index (χ1v) is 8.22. The third kappa shape index (κ3) is 4.79. The van der Waals surface area contributed by atoms with Gasteiger partial charge in [-0.15, -0.1) is 0 Å². The van der Waals surface area contributed by atoms with E-state index in [1.165, 1.54) is 32.2 Å². The van der Waals surface area contributed by atoms with E-state index < -0.39 is 0 Å². The zero-order valence-corrected chi connectivity index (χ0v) is 13.7. The van der Waals surface area contributed by atoms with Crippen molar-refractivity contribution in [2.24, 2.45) is 5.92 Å². The Balaban J connectivity index is 1.85. The van der Waals surface area contributed by atoms with Gasteiger partial charge in [0.25, 0.3) is 0 Å². The lowest BCUT2D eigenvalue weighted by Crippen LogP contribution is -2.29. The predicted octanol–water partition coefficient (Wildman–Crippen LogP) is 3.91. The minimum Gasteiger partial charge on any atom is -0.313 e. The molecule has 1 unspecified atom stereocenters. The number of aryl methyl sites for hydroxylation is 1. The number of nitrogens with zero attached hydrogens (tertiary/aromatic N) is 1. The van der Waals surface area contributed by atoms with Crippen LogP contribution in [0.4, 0.5) is 4.39 Å². The normalized spacial score (nSPS) is 17.6.